The lowest BCUT2D eigenvalue weighted by Gasteiger charge is -2.35. The van der Waals surface area contributed by atoms with Gasteiger partial charge in [0.1, 0.15) is 23.5 Å². The third-order valence-electron chi connectivity index (χ3n) is 6.44. The maximum atomic E-state index is 13.3. The molecule has 4 rings (SSSR count). The van der Waals surface area contributed by atoms with Gasteiger partial charge in [-0.15, -0.1) is 0 Å². The van der Waals surface area contributed by atoms with Crippen molar-refractivity contribution in [2.75, 3.05) is 18.5 Å². The maximum Gasteiger partial charge on any atom is 0.326 e. The number of nitrogens with one attached hydrogen (secondary N) is 2. The average molecular weight is 474 g/mol. The molecule has 2 aliphatic rings. The number of pyridine rings is 1. The summed E-state index contributed by atoms with van der Waals surface area (Å²) in [6, 6.07) is 5.43. The van der Waals surface area contributed by atoms with Gasteiger partial charge in [0, 0.05) is 36.9 Å². The van der Waals surface area contributed by atoms with Gasteiger partial charge in [0.25, 0.3) is 5.91 Å². The number of anilines is 1. The number of aliphatic carboxylic acids is 1. The van der Waals surface area contributed by atoms with Gasteiger partial charge in [-0.3, -0.25) is 4.79 Å². The molecule has 0 saturated heterocycles. The fraction of sp³-hybridized carbons (Fsp3) is 0.480. The predicted octanol–water partition coefficient (Wildman–Crippen LogP) is 3.72. The molecule has 1 aliphatic carbocycles. The molecule has 1 aromatic heterocycles. The van der Waals surface area contributed by atoms with E-state index < -0.39 is 29.6 Å². The average Bonchev–Trinajstić information content (AvgIpc) is 2.78. The molecule has 0 unspecified atom stereocenters. The number of fused-ring (bicyclic) bond motifs is 1. The van der Waals surface area contributed by atoms with Crippen LogP contribution in [0.4, 0.5) is 14.6 Å². The highest BCUT2D eigenvalue weighted by molar-refractivity contribution is 5.96. The fourth-order valence-electron chi connectivity index (χ4n) is 4.44. The Bertz CT molecular complexity index is 1020. The summed E-state index contributed by atoms with van der Waals surface area (Å²) < 4.78 is 32.4. The SMILES string of the molecule is O=C(N[C@@H](CCO[C@H]1C[C@H](CCc2ccc3c(n2)NCCC3)C1)C(=O)O)c1cc(F)cc(F)c1. The van der Waals surface area contributed by atoms with E-state index in [1.165, 1.54) is 5.56 Å². The quantitative estimate of drug-likeness (QED) is 0.486. The van der Waals surface area contributed by atoms with E-state index in [2.05, 4.69) is 22.8 Å². The molecule has 2 aromatic rings. The van der Waals surface area contributed by atoms with Crippen LogP contribution in [0.1, 0.15) is 53.7 Å². The largest absolute Gasteiger partial charge is 0.480 e. The topological polar surface area (TPSA) is 101 Å². The van der Waals surface area contributed by atoms with E-state index in [4.69, 9.17) is 9.72 Å². The number of carbonyl (C=O) groups excluding carboxylic acids is 1. The number of aromatic nitrogens is 1. The van der Waals surface area contributed by atoms with Crippen LogP contribution in [0, 0.1) is 17.6 Å². The number of amides is 1. The monoisotopic (exact) mass is 473 g/mol. The molecule has 1 amide bonds. The smallest absolute Gasteiger partial charge is 0.326 e. The Morgan fingerprint density at radius 1 is 1.21 bits per heavy atom. The van der Waals surface area contributed by atoms with Crippen molar-refractivity contribution >= 4 is 17.7 Å². The lowest BCUT2D eigenvalue weighted by Crippen LogP contribution is -2.42. The van der Waals surface area contributed by atoms with Crippen LogP contribution >= 0.6 is 0 Å². The summed E-state index contributed by atoms with van der Waals surface area (Å²) in [7, 11) is 0. The number of carboxylic acid groups (broad SMARTS) is 1. The molecule has 0 radical (unpaired) electrons. The van der Waals surface area contributed by atoms with E-state index in [0.29, 0.717) is 12.0 Å². The zero-order valence-electron chi connectivity index (χ0n) is 18.9. The second-order valence-corrected chi connectivity index (χ2v) is 9.02. The number of nitrogens with zero attached hydrogens (tertiary/aromatic N) is 1. The van der Waals surface area contributed by atoms with Gasteiger partial charge in [-0.2, -0.15) is 0 Å². The summed E-state index contributed by atoms with van der Waals surface area (Å²) in [5.41, 5.74) is 2.11. The van der Waals surface area contributed by atoms with E-state index in [9.17, 15) is 23.5 Å². The first-order chi connectivity index (χ1) is 16.4. The Labute approximate surface area is 196 Å². The van der Waals surface area contributed by atoms with Crippen molar-refractivity contribution in [3.8, 4) is 0 Å². The molecular weight excluding hydrogens is 444 g/mol. The van der Waals surface area contributed by atoms with Gasteiger partial charge in [0.15, 0.2) is 0 Å². The number of benzene rings is 1. The molecule has 34 heavy (non-hydrogen) atoms. The van der Waals surface area contributed by atoms with E-state index in [1.807, 2.05) is 0 Å². The number of aryl methyl sites for hydroxylation is 2. The third kappa shape index (κ3) is 6.28. The van der Waals surface area contributed by atoms with Crippen molar-refractivity contribution in [1.29, 1.82) is 0 Å². The molecule has 1 fully saturated rings. The molecule has 0 bridgehead atoms. The molecule has 1 aromatic carbocycles. The van der Waals surface area contributed by atoms with Crippen molar-refractivity contribution in [2.24, 2.45) is 5.92 Å². The van der Waals surface area contributed by atoms with Gasteiger partial charge in [0.05, 0.1) is 6.10 Å². The van der Waals surface area contributed by atoms with Crippen LogP contribution in [-0.2, 0) is 22.4 Å². The Kier molecular flexibility index (Phi) is 7.72. The van der Waals surface area contributed by atoms with Crippen molar-refractivity contribution in [3.05, 3.63) is 58.8 Å². The lowest BCUT2D eigenvalue weighted by molar-refractivity contribution is -0.140. The third-order valence-corrected chi connectivity index (χ3v) is 6.44. The molecule has 2 heterocycles. The molecule has 1 aliphatic heterocycles. The lowest BCUT2D eigenvalue weighted by atomic mass is 9.79. The second-order valence-electron chi connectivity index (χ2n) is 9.02. The summed E-state index contributed by atoms with van der Waals surface area (Å²) in [6.07, 6.45) is 6.13. The minimum Gasteiger partial charge on any atom is -0.480 e. The molecule has 9 heteroatoms. The molecule has 1 atom stereocenters. The van der Waals surface area contributed by atoms with Crippen LogP contribution in [0.5, 0.6) is 0 Å². The van der Waals surface area contributed by atoms with E-state index in [-0.39, 0.29) is 24.7 Å². The minimum atomic E-state index is -1.23. The van der Waals surface area contributed by atoms with Crippen molar-refractivity contribution < 1.29 is 28.2 Å². The fourth-order valence-corrected chi connectivity index (χ4v) is 4.44. The van der Waals surface area contributed by atoms with Gasteiger partial charge < -0.3 is 20.5 Å². The first kappa shape index (κ1) is 24.1. The zero-order chi connectivity index (χ0) is 24.1. The normalized spacial score (nSPS) is 19.9. The Morgan fingerprint density at radius 3 is 2.71 bits per heavy atom. The second kappa shape index (κ2) is 10.9. The molecule has 3 N–H and O–H groups in total. The highest BCUT2D eigenvalue weighted by Gasteiger charge is 2.30. The van der Waals surface area contributed by atoms with Crippen LogP contribution in [-0.4, -0.2) is 47.3 Å². The molecule has 7 nitrogen and oxygen atoms in total. The van der Waals surface area contributed by atoms with Crippen LogP contribution in [0.3, 0.4) is 0 Å². The minimum absolute atomic E-state index is 0.0616. The Hall–Kier alpha value is -3.07. The van der Waals surface area contributed by atoms with Gasteiger partial charge in [-0.05, 0) is 68.2 Å². The summed E-state index contributed by atoms with van der Waals surface area (Å²) >= 11 is 0. The molecule has 182 valence electrons. The molecule has 1 saturated carbocycles. The van der Waals surface area contributed by atoms with Crippen molar-refractivity contribution in [1.82, 2.24) is 10.3 Å². The zero-order valence-corrected chi connectivity index (χ0v) is 18.9. The number of carboxylic acids is 1. The first-order valence-corrected chi connectivity index (χ1v) is 11.7. The highest BCUT2D eigenvalue weighted by Crippen LogP contribution is 2.34. The standard InChI is InChI=1S/C25H29F2N3O4/c26-18-12-17(13-19(27)14-18)24(31)30-22(25(32)33)7-9-34-21-10-15(11-21)3-5-20-6-4-16-2-1-8-28-23(16)29-20/h4,6,12-15,21-22H,1-3,5,7-11H2,(H,28,29)(H,30,31)(H,32,33)/t15-,21-,22-/m0/s1. The Morgan fingerprint density at radius 2 is 1.97 bits per heavy atom. The van der Waals surface area contributed by atoms with Crippen LogP contribution < -0.4 is 10.6 Å². The maximum absolute atomic E-state index is 13.3. The number of hydrogen-bond acceptors (Lipinski definition) is 5. The van der Waals surface area contributed by atoms with E-state index in [0.717, 1.165) is 68.7 Å². The Balaban J connectivity index is 1.16. The van der Waals surface area contributed by atoms with Crippen molar-refractivity contribution in [2.45, 2.75) is 57.1 Å². The predicted molar refractivity (Wildman–Crippen MR) is 122 cm³/mol. The summed E-state index contributed by atoms with van der Waals surface area (Å²) in [5.74, 6) is -2.32. The number of halogens is 2. The number of rotatable bonds is 10. The summed E-state index contributed by atoms with van der Waals surface area (Å²) in [4.78, 5) is 28.4. The van der Waals surface area contributed by atoms with Gasteiger partial charge in [-0.25, -0.2) is 18.6 Å². The van der Waals surface area contributed by atoms with Gasteiger partial charge >= 0.3 is 5.97 Å². The first-order valence-electron chi connectivity index (χ1n) is 11.7. The van der Waals surface area contributed by atoms with Crippen LogP contribution in [0.2, 0.25) is 0 Å². The summed E-state index contributed by atoms with van der Waals surface area (Å²) in [6.45, 7) is 1.14. The van der Waals surface area contributed by atoms with Gasteiger partial charge in [0.2, 0.25) is 0 Å². The van der Waals surface area contributed by atoms with Crippen LogP contribution in [0.15, 0.2) is 30.3 Å². The number of ether oxygens (including phenoxy) is 1. The van der Waals surface area contributed by atoms with E-state index in [1.54, 1.807) is 0 Å². The summed E-state index contributed by atoms with van der Waals surface area (Å²) in [5, 5.41) is 15.0. The number of hydrogen-bond donors (Lipinski definition) is 3. The molecule has 0 spiro atoms. The van der Waals surface area contributed by atoms with Crippen molar-refractivity contribution in [3.63, 3.8) is 0 Å². The molecular formula is C25H29F2N3O4. The van der Waals surface area contributed by atoms with E-state index >= 15 is 0 Å². The highest BCUT2D eigenvalue weighted by atomic mass is 19.1. The van der Waals surface area contributed by atoms with Crippen LogP contribution in [0.25, 0.3) is 0 Å². The van der Waals surface area contributed by atoms with Gasteiger partial charge in [-0.1, -0.05) is 6.07 Å². The number of carbonyl (C=O) groups is 2.